The van der Waals surface area contributed by atoms with Gasteiger partial charge in [-0.1, -0.05) is 32.9 Å². The van der Waals surface area contributed by atoms with E-state index >= 15 is 0 Å². The number of nitrogens with one attached hydrogen (secondary N) is 2. The van der Waals surface area contributed by atoms with Crippen LogP contribution < -0.4 is 10.9 Å². The molecule has 0 atom stereocenters. The highest BCUT2D eigenvalue weighted by Crippen LogP contribution is 2.29. The molecule has 26 heavy (non-hydrogen) atoms. The minimum absolute atomic E-state index is 0.00128. The van der Waals surface area contributed by atoms with Crippen molar-refractivity contribution < 1.29 is 22.8 Å². The highest BCUT2D eigenvalue weighted by molar-refractivity contribution is 5.99. The molecule has 2 aromatic rings. The summed E-state index contributed by atoms with van der Waals surface area (Å²) >= 11 is 0. The molecular formula is C19H19F3N2O2. The van der Waals surface area contributed by atoms with Crippen LogP contribution in [0.2, 0.25) is 0 Å². The van der Waals surface area contributed by atoms with E-state index in [2.05, 4.69) is 10.9 Å². The Morgan fingerprint density at radius 2 is 1.04 bits per heavy atom. The minimum Gasteiger partial charge on any atom is -0.267 e. The van der Waals surface area contributed by atoms with Gasteiger partial charge in [0.2, 0.25) is 0 Å². The first kappa shape index (κ1) is 19.5. The van der Waals surface area contributed by atoms with Crippen molar-refractivity contribution in [2.24, 2.45) is 0 Å². The SMILES string of the molecule is CC(C)(C)c1ccc(C(=O)NNC(=O)c2ccc(C(F)(F)F)cc2)cc1. The molecule has 0 radical (unpaired) electrons. The fraction of sp³-hybridized carbons (Fsp3) is 0.263. The molecule has 2 N–H and O–H groups in total. The molecule has 2 amide bonds. The number of rotatable bonds is 2. The second-order valence-electron chi connectivity index (χ2n) is 6.81. The Morgan fingerprint density at radius 1 is 0.692 bits per heavy atom. The van der Waals surface area contributed by atoms with Gasteiger partial charge < -0.3 is 0 Å². The van der Waals surface area contributed by atoms with E-state index in [1.165, 1.54) is 0 Å². The van der Waals surface area contributed by atoms with Crippen molar-refractivity contribution in [3.05, 3.63) is 70.8 Å². The Balaban J connectivity index is 1.97. The van der Waals surface area contributed by atoms with E-state index < -0.39 is 23.6 Å². The number of carbonyl (C=O) groups is 2. The standard InChI is InChI=1S/C19H19F3N2O2/c1-18(2,3)14-8-4-12(5-9-14)16(25)23-24-17(26)13-6-10-15(11-7-13)19(20,21)22/h4-11H,1-3H3,(H,23,25)(H,24,26). The number of alkyl halides is 3. The van der Waals surface area contributed by atoms with Crippen LogP contribution >= 0.6 is 0 Å². The summed E-state index contributed by atoms with van der Waals surface area (Å²) in [7, 11) is 0. The van der Waals surface area contributed by atoms with Gasteiger partial charge in [0.15, 0.2) is 0 Å². The maximum absolute atomic E-state index is 12.5. The van der Waals surface area contributed by atoms with Crippen LogP contribution in [0.1, 0.15) is 52.6 Å². The molecule has 4 nitrogen and oxygen atoms in total. The molecule has 2 rings (SSSR count). The quantitative estimate of drug-likeness (QED) is 0.789. The van der Waals surface area contributed by atoms with Crippen LogP contribution in [-0.2, 0) is 11.6 Å². The van der Waals surface area contributed by atoms with Gasteiger partial charge in [0, 0.05) is 11.1 Å². The van der Waals surface area contributed by atoms with E-state index in [-0.39, 0.29) is 11.0 Å². The Morgan fingerprint density at radius 3 is 1.35 bits per heavy atom. The third-order valence-corrected chi connectivity index (χ3v) is 3.78. The average molecular weight is 364 g/mol. The zero-order chi connectivity index (χ0) is 19.5. The number of hydrogen-bond acceptors (Lipinski definition) is 2. The van der Waals surface area contributed by atoms with Crippen LogP contribution in [-0.4, -0.2) is 11.8 Å². The fourth-order valence-electron chi connectivity index (χ4n) is 2.19. The topological polar surface area (TPSA) is 58.2 Å². The largest absolute Gasteiger partial charge is 0.416 e. The van der Waals surface area contributed by atoms with Gasteiger partial charge in [-0.3, -0.25) is 20.4 Å². The summed E-state index contributed by atoms with van der Waals surface area (Å²) in [5.74, 6) is -1.23. The Labute approximate surface area is 149 Å². The number of benzene rings is 2. The van der Waals surface area contributed by atoms with Crippen molar-refractivity contribution in [3.63, 3.8) is 0 Å². The van der Waals surface area contributed by atoms with Crippen LogP contribution in [0.3, 0.4) is 0 Å². The highest BCUT2D eigenvalue weighted by atomic mass is 19.4. The lowest BCUT2D eigenvalue weighted by atomic mass is 9.87. The van der Waals surface area contributed by atoms with Crippen molar-refractivity contribution >= 4 is 11.8 Å². The molecule has 0 saturated heterocycles. The third kappa shape index (κ3) is 4.84. The lowest BCUT2D eigenvalue weighted by molar-refractivity contribution is -0.137. The summed E-state index contributed by atoms with van der Waals surface area (Å²) in [4.78, 5) is 24.0. The average Bonchev–Trinajstić information content (AvgIpc) is 2.58. The van der Waals surface area contributed by atoms with Gasteiger partial charge in [0.25, 0.3) is 11.8 Å². The lowest BCUT2D eigenvalue weighted by Crippen LogP contribution is -2.41. The van der Waals surface area contributed by atoms with Crippen LogP contribution in [0.4, 0.5) is 13.2 Å². The molecule has 0 heterocycles. The van der Waals surface area contributed by atoms with Crippen molar-refractivity contribution in [2.45, 2.75) is 32.4 Å². The molecule has 138 valence electrons. The van der Waals surface area contributed by atoms with Gasteiger partial charge in [-0.05, 0) is 47.4 Å². The van der Waals surface area contributed by atoms with Crippen LogP contribution in [0.5, 0.6) is 0 Å². The first-order valence-electron chi connectivity index (χ1n) is 7.87. The summed E-state index contributed by atoms with van der Waals surface area (Å²) < 4.78 is 37.5. The normalized spacial score (nSPS) is 11.8. The molecule has 0 fully saturated rings. The maximum Gasteiger partial charge on any atom is 0.416 e. The van der Waals surface area contributed by atoms with Crippen LogP contribution in [0.15, 0.2) is 48.5 Å². The van der Waals surface area contributed by atoms with Gasteiger partial charge in [0.05, 0.1) is 5.56 Å². The van der Waals surface area contributed by atoms with Gasteiger partial charge in [-0.2, -0.15) is 13.2 Å². The van der Waals surface area contributed by atoms with E-state index in [0.29, 0.717) is 5.56 Å². The Hall–Kier alpha value is -2.83. The zero-order valence-electron chi connectivity index (χ0n) is 14.6. The molecule has 0 saturated carbocycles. The molecule has 0 spiro atoms. The monoisotopic (exact) mass is 364 g/mol. The number of halogens is 3. The van der Waals surface area contributed by atoms with E-state index in [4.69, 9.17) is 0 Å². The number of amides is 2. The number of carbonyl (C=O) groups excluding carboxylic acids is 2. The van der Waals surface area contributed by atoms with E-state index in [1.54, 1.807) is 12.1 Å². The zero-order valence-corrected chi connectivity index (χ0v) is 14.6. The van der Waals surface area contributed by atoms with Gasteiger partial charge in [-0.15, -0.1) is 0 Å². The summed E-state index contributed by atoms with van der Waals surface area (Å²) in [6, 6.07) is 10.6. The number of hydrogen-bond donors (Lipinski definition) is 2. The van der Waals surface area contributed by atoms with E-state index in [1.807, 2.05) is 32.9 Å². The van der Waals surface area contributed by atoms with Crippen molar-refractivity contribution in [1.82, 2.24) is 10.9 Å². The highest BCUT2D eigenvalue weighted by Gasteiger charge is 2.30. The van der Waals surface area contributed by atoms with E-state index in [0.717, 1.165) is 29.8 Å². The first-order valence-corrected chi connectivity index (χ1v) is 7.87. The Bertz CT molecular complexity index is 720. The van der Waals surface area contributed by atoms with Crippen molar-refractivity contribution in [1.29, 1.82) is 0 Å². The number of hydrazine groups is 1. The second-order valence-corrected chi connectivity index (χ2v) is 6.81. The third-order valence-electron chi connectivity index (χ3n) is 3.78. The van der Waals surface area contributed by atoms with Gasteiger partial charge >= 0.3 is 6.18 Å². The lowest BCUT2D eigenvalue weighted by Gasteiger charge is -2.19. The van der Waals surface area contributed by atoms with Crippen LogP contribution in [0.25, 0.3) is 0 Å². The molecule has 7 heteroatoms. The summed E-state index contributed by atoms with van der Waals surface area (Å²) in [5, 5.41) is 0. The molecule has 0 aliphatic heterocycles. The predicted molar refractivity (Wildman–Crippen MR) is 91.5 cm³/mol. The molecule has 0 unspecified atom stereocenters. The Kier molecular flexibility index (Phi) is 5.39. The molecule has 0 aliphatic carbocycles. The smallest absolute Gasteiger partial charge is 0.267 e. The summed E-state index contributed by atoms with van der Waals surface area (Å²) in [6.07, 6.45) is -4.47. The summed E-state index contributed by atoms with van der Waals surface area (Å²) in [6.45, 7) is 6.14. The van der Waals surface area contributed by atoms with Crippen LogP contribution in [0, 0.1) is 0 Å². The minimum atomic E-state index is -4.47. The predicted octanol–water partition coefficient (Wildman–Crippen LogP) is 4.08. The van der Waals surface area contributed by atoms with Gasteiger partial charge in [-0.25, -0.2) is 0 Å². The maximum atomic E-state index is 12.5. The molecule has 0 aromatic heterocycles. The van der Waals surface area contributed by atoms with E-state index in [9.17, 15) is 22.8 Å². The molecule has 2 aromatic carbocycles. The summed E-state index contributed by atoms with van der Waals surface area (Å²) in [5.41, 5.74) is 4.93. The molecule has 0 aliphatic rings. The van der Waals surface area contributed by atoms with Crippen molar-refractivity contribution in [3.8, 4) is 0 Å². The second kappa shape index (κ2) is 7.19. The van der Waals surface area contributed by atoms with Gasteiger partial charge in [0.1, 0.15) is 0 Å². The molecule has 0 bridgehead atoms. The fourth-order valence-corrected chi connectivity index (χ4v) is 2.19. The van der Waals surface area contributed by atoms with Crippen molar-refractivity contribution in [2.75, 3.05) is 0 Å². The molecular weight excluding hydrogens is 345 g/mol. The first-order chi connectivity index (χ1) is 12.0.